The molecular weight excluding hydrogens is 248 g/mol. The maximum absolute atomic E-state index is 2.43. The molecule has 0 saturated heterocycles. The summed E-state index contributed by atoms with van der Waals surface area (Å²) >= 11 is 1.88. The van der Waals surface area contributed by atoms with Crippen LogP contribution in [0.5, 0.6) is 0 Å². The summed E-state index contributed by atoms with van der Waals surface area (Å²) in [5, 5.41) is 4.75. The van der Waals surface area contributed by atoms with E-state index in [2.05, 4.69) is 45.4 Å². The molecule has 1 heteroatoms. The Kier molecular flexibility index (Phi) is 7.75. The van der Waals surface area contributed by atoms with Crippen LogP contribution in [0.15, 0.2) is 10.8 Å². The third-order valence-corrected chi connectivity index (χ3v) is 5.22. The largest absolute Gasteiger partial charge is 0.152 e. The molecule has 0 aliphatic heterocycles. The van der Waals surface area contributed by atoms with Crippen molar-refractivity contribution in [2.45, 2.75) is 79.1 Å². The monoisotopic (exact) mass is 280 g/mol. The van der Waals surface area contributed by atoms with E-state index < -0.39 is 0 Å². The van der Waals surface area contributed by atoms with E-state index in [-0.39, 0.29) is 0 Å². The van der Waals surface area contributed by atoms with Crippen LogP contribution in [0.2, 0.25) is 0 Å². The number of hydrogen-bond acceptors (Lipinski definition) is 1. The molecule has 0 spiro atoms. The van der Waals surface area contributed by atoms with Crippen molar-refractivity contribution >= 4 is 11.3 Å². The number of hydrogen-bond donors (Lipinski definition) is 0. The zero-order valence-electron chi connectivity index (χ0n) is 13.5. The van der Waals surface area contributed by atoms with Gasteiger partial charge in [-0.05, 0) is 65.3 Å². The van der Waals surface area contributed by atoms with Gasteiger partial charge >= 0.3 is 0 Å². The van der Waals surface area contributed by atoms with Gasteiger partial charge < -0.3 is 0 Å². The van der Waals surface area contributed by atoms with Crippen molar-refractivity contribution < 1.29 is 0 Å². The minimum absolute atomic E-state index is 0.732. The first-order valence-electron chi connectivity index (χ1n) is 8.13. The zero-order valence-corrected chi connectivity index (χ0v) is 14.4. The standard InChI is InChI=1S/C18H32S/c1-6-8-14(3)11-15(4)9-10-17-12-19-13-18(17)16(5)7-2/h12-16H,6-11H2,1-5H3. The Morgan fingerprint density at radius 1 is 1.00 bits per heavy atom. The molecule has 0 bridgehead atoms. The van der Waals surface area contributed by atoms with E-state index in [9.17, 15) is 0 Å². The summed E-state index contributed by atoms with van der Waals surface area (Å²) in [7, 11) is 0. The van der Waals surface area contributed by atoms with Gasteiger partial charge in [-0.25, -0.2) is 0 Å². The van der Waals surface area contributed by atoms with Gasteiger partial charge in [0.1, 0.15) is 0 Å². The molecule has 0 aromatic carbocycles. The van der Waals surface area contributed by atoms with E-state index in [1.807, 2.05) is 11.3 Å². The van der Waals surface area contributed by atoms with E-state index in [4.69, 9.17) is 0 Å². The van der Waals surface area contributed by atoms with Gasteiger partial charge in [0, 0.05) is 0 Å². The molecule has 3 unspecified atom stereocenters. The minimum atomic E-state index is 0.732. The molecule has 1 aromatic rings. The minimum Gasteiger partial charge on any atom is -0.152 e. The summed E-state index contributed by atoms with van der Waals surface area (Å²) in [6, 6.07) is 0. The van der Waals surface area contributed by atoms with Crippen molar-refractivity contribution in [3.8, 4) is 0 Å². The van der Waals surface area contributed by atoms with Crippen molar-refractivity contribution in [1.82, 2.24) is 0 Å². The van der Waals surface area contributed by atoms with Gasteiger partial charge in [0.2, 0.25) is 0 Å². The van der Waals surface area contributed by atoms with Crippen molar-refractivity contribution in [2.24, 2.45) is 11.8 Å². The highest BCUT2D eigenvalue weighted by Gasteiger charge is 2.13. The molecule has 3 atom stereocenters. The number of thiophene rings is 1. The maximum Gasteiger partial charge on any atom is -0.00557 e. The van der Waals surface area contributed by atoms with Crippen LogP contribution in [0.25, 0.3) is 0 Å². The lowest BCUT2D eigenvalue weighted by Gasteiger charge is -2.17. The number of rotatable bonds is 9. The Labute approximate surface area is 124 Å². The van der Waals surface area contributed by atoms with Crippen LogP contribution in [0.3, 0.4) is 0 Å². The van der Waals surface area contributed by atoms with E-state index in [1.54, 1.807) is 11.1 Å². The van der Waals surface area contributed by atoms with Crippen LogP contribution in [0, 0.1) is 11.8 Å². The SMILES string of the molecule is CCCC(C)CC(C)CCc1cscc1C(C)CC. The molecule has 0 nitrogen and oxygen atoms in total. The highest BCUT2D eigenvalue weighted by molar-refractivity contribution is 7.08. The fourth-order valence-corrected chi connectivity index (χ4v) is 4.02. The zero-order chi connectivity index (χ0) is 14.3. The smallest absolute Gasteiger partial charge is 0.00557 e. The van der Waals surface area contributed by atoms with Crippen LogP contribution >= 0.6 is 11.3 Å². The van der Waals surface area contributed by atoms with Crippen LogP contribution in [-0.4, -0.2) is 0 Å². The second-order valence-corrected chi connectivity index (χ2v) is 7.18. The highest BCUT2D eigenvalue weighted by atomic mass is 32.1. The van der Waals surface area contributed by atoms with Gasteiger partial charge in [-0.1, -0.05) is 47.5 Å². The van der Waals surface area contributed by atoms with Gasteiger partial charge in [0.05, 0.1) is 0 Å². The van der Waals surface area contributed by atoms with Gasteiger partial charge in [0.15, 0.2) is 0 Å². The predicted molar refractivity (Wildman–Crippen MR) is 89.2 cm³/mol. The van der Waals surface area contributed by atoms with E-state index in [0.29, 0.717) is 0 Å². The molecule has 1 aromatic heterocycles. The Morgan fingerprint density at radius 3 is 2.32 bits per heavy atom. The first-order chi connectivity index (χ1) is 9.08. The lowest BCUT2D eigenvalue weighted by atomic mass is 9.88. The summed E-state index contributed by atoms with van der Waals surface area (Å²) < 4.78 is 0. The summed E-state index contributed by atoms with van der Waals surface area (Å²) in [6.07, 6.45) is 8.01. The lowest BCUT2D eigenvalue weighted by Crippen LogP contribution is -2.05. The molecule has 0 fully saturated rings. The van der Waals surface area contributed by atoms with Crippen LogP contribution in [-0.2, 0) is 6.42 Å². The first-order valence-corrected chi connectivity index (χ1v) is 9.07. The van der Waals surface area contributed by atoms with E-state index in [1.165, 1.54) is 38.5 Å². The molecule has 19 heavy (non-hydrogen) atoms. The fraction of sp³-hybridized carbons (Fsp3) is 0.778. The Bertz CT molecular complexity index is 339. The van der Waals surface area contributed by atoms with Crippen LogP contribution < -0.4 is 0 Å². The Hall–Kier alpha value is -0.300. The third kappa shape index (κ3) is 5.69. The quantitative estimate of drug-likeness (QED) is 0.474. The van der Waals surface area contributed by atoms with Crippen molar-refractivity contribution in [2.75, 3.05) is 0 Å². The summed E-state index contributed by atoms with van der Waals surface area (Å²) in [6.45, 7) is 11.8. The molecule has 110 valence electrons. The average molecular weight is 281 g/mol. The number of aryl methyl sites for hydroxylation is 1. The van der Waals surface area contributed by atoms with Gasteiger partial charge in [0.25, 0.3) is 0 Å². The lowest BCUT2D eigenvalue weighted by molar-refractivity contribution is 0.375. The molecular formula is C18H32S. The maximum atomic E-state index is 2.43. The highest BCUT2D eigenvalue weighted by Crippen LogP contribution is 2.29. The normalized spacial score (nSPS) is 16.3. The van der Waals surface area contributed by atoms with Gasteiger partial charge in [-0.3, -0.25) is 0 Å². The van der Waals surface area contributed by atoms with Crippen molar-refractivity contribution in [3.05, 3.63) is 21.9 Å². The van der Waals surface area contributed by atoms with Crippen LogP contribution in [0.1, 0.15) is 83.8 Å². The summed E-state index contributed by atoms with van der Waals surface area (Å²) in [4.78, 5) is 0. The summed E-state index contributed by atoms with van der Waals surface area (Å²) in [5.74, 6) is 2.50. The molecule has 0 saturated carbocycles. The molecule has 0 N–H and O–H groups in total. The first kappa shape index (κ1) is 16.8. The van der Waals surface area contributed by atoms with Crippen molar-refractivity contribution in [3.63, 3.8) is 0 Å². The van der Waals surface area contributed by atoms with Crippen molar-refractivity contribution in [1.29, 1.82) is 0 Å². The second kappa shape index (κ2) is 8.79. The summed E-state index contributed by atoms with van der Waals surface area (Å²) in [5.41, 5.74) is 3.23. The second-order valence-electron chi connectivity index (χ2n) is 6.44. The van der Waals surface area contributed by atoms with Gasteiger partial charge in [-0.2, -0.15) is 11.3 Å². The Morgan fingerprint density at radius 2 is 1.68 bits per heavy atom. The third-order valence-electron chi connectivity index (χ3n) is 4.41. The van der Waals surface area contributed by atoms with Crippen LogP contribution in [0.4, 0.5) is 0 Å². The topological polar surface area (TPSA) is 0 Å². The molecule has 1 rings (SSSR count). The molecule has 0 aliphatic carbocycles. The molecule has 0 aliphatic rings. The fourth-order valence-electron chi connectivity index (χ4n) is 3.01. The average Bonchev–Trinajstić information content (AvgIpc) is 2.84. The molecule has 1 heterocycles. The van der Waals surface area contributed by atoms with E-state index in [0.717, 1.165) is 17.8 Å². The predicted octanol–water partition coefficient (Wildman–Crippen LogP) is 6.66. The molecule has 0 amide bonds. The Balaban J connectivity index is 2.42. The molecule has 0 radical (unpaired) electrons. The van der Waals surface area contributed by atoms with Gasteiger partial charge in [-0.15, -0.1) is 0 Å². The van der Waals surface area contributed by atoms with E-state index >= 15 is 0 Å².